The van der Waals surface area contributed by atoms with E-state index in [2.05, 4.69) is 12.2 Å². The Balaban J connectivity index is 2.42. The molecule has 1 aliphatic carbocycles. The van der Waals surface area contributed by atoms with Crippen molar-refractivity contribution in [1.29, 1.82) is 0 Å². The monoisotopic (exact) mass is 140 g/mol. The van der Waals surface area contributed by atoms with Crippen LogP contribution in [0.3, 0.4) is 0 Å². The second kappa shape index (κ2) is 3.06. The third-order valence-electron chi connectivity index (χ3n) is 2.15. The predicted molar refractivity (Wildman–Crippen MR) is 43.5 cm³/mol. The molecule has 3 N–H and O–H groups in total. The minimum atomic E-state index is 0.704. The average molecular weight is 140 g/mol. The number of nitrogens with one attached hydrogen (secondary N) is 1. The largest absolute Gasteiger partial charge is 0.394 e. The summed E-state index contributed by atoms with van der Waals surface area (Å²) < 4.78 is 0. The number of hydrogen-bond acceptors (Lipinski definition) is 2. The SMILES string of the molecule is CN/C=C(\CN)[C@H]1C[C@H]1C. The van der Waals surface area contributed by atoms with Crippen molar-refractivity contribution in [3.05, 3.63) is 11.8 Å². The predicted octanol–water partition coefficient (Wildman–Crippen LogP) is 0.704. The van der Waals surface area contributed by atoms with Crippen molar-refractivity contribution >= 4 is 0 Å². The zero-order chi connectivity index (χ0) is 7.56. The second-order valence-electron chi connectivity index (χ2n) is 3.03. The maximum Gasteiger partial charge on any atom is 0.0157 e. The highest BCUT2D eigenvalue weighted by atomic mass is 14.8. The van der Waals surface area contributed by atoms with Crippen LogP contribution in [0.25, 0.3) is 0 Å². The molecule has 0 heterocycles. The molecule has 0 aliphatic heterocycles. The second-order valence-corrected chi connectivity index (χ2v) is 3.03. The lowest BCUT2D eigenvalue weighted by atomic mass is 10.1. The number of hydrogen-bond donors (Lipinski definition) is 2. The fourth-order valence-electron chi connectivity index (χ4n) is 1.34. The Labute approximate surface area is 62.5 Å². The molecule has 2 heteroatoms. The van der Waals surface area contributed by atoms with Gasteiger partial charge in [0, 0.05) is 13.6 Å². The van der Waals surface area contributed by atoms with Crippen LogP contribution < -0.4 is 11.1 Å². The molecule has 0 unspecified atom stereocenters. The molecule has 0 aromatic rings. The Morgan fingerprint density at radius 3 is 2.70 bits per heavy atom. The Bertz CT molecular complexity index is 140. The zero-order valence-electron chi connectivity index (χ0n) is 6.72. The highest BCUT2D eigenvalue weighted by Gasteiger charge is 2.34. The summed E-state index contributed by atoms with van der Waals surface area (Å²) in [6.07, 6.45) is 3.36. The van der Waals surface area contributed by atoms with E-state index < -0.39 is 0 Å². The van der Waals surface area contributed by atoms with E-state index in [1.807, 2.05) is 13.2 Å². The van der Waals surface area contributed by atoms with Crippen molar-refractivity contribution in [2.45, 2.75) is 13.3 Å². The van der Waals surface area contributed by atoms with E-state index in [1.165, 1.54) is 12.0 Å². The molecular formula is C8H16N2. The van der Waals surface area contributed by atoms with Gasteiger partial charge in [-0.1, -0.05) is 6.92 Å². The van der Waals surface area contributed by atoms with Crippen LogP contribution in [0.4, 0.5) is 0 Å². The van der Waals surface area contributed by atoms with Gasteiger partial charge in [-0.05, 0) is 30.0 Å². The third kappa shape index (κ3) is 1.51. The first-order valence-electron chi connectivity index (χ1n) is 3.86. The highest BCUT2D eigenvalue weighted by Crippen LogP contribution is 2.42. The van der Waals surface area contributed by atoms with Crippen LogP contribution >= 0.6 is 0 Å². The van der Waals surface area contributed by atoms with Crippen LogP contribution in [0, 0.1) is 11.8 Å². The molecule has 2 atom stereocenters. The van der Waals surface area contributed by atoms with Gasteiger partial charge in [-0.15, -0.1) is 0 Å². The zero-order valence-corrected chi connectivity index (χ0v) is 6.72. The maximum absolute atomic E-state index is 5.55. The molecule has 58 valence electrons. The van der Waals surface area contributed by atoms with Gasteiger partial charge in [-0.2, -0.15) is 0 Å². The topological polar surface area (TPSA) is 38.0 Å². The van der Waals surface area contributed by atoms with Crippen LogP contribution in [0.2, 0.25) is 0 Å². The lowest BCUT2D eigenvalue weighted by Crippen LogP contribution is -2.09. The van der Waals surface area contributed by atoms with Gasteiger partial charge in [0.25, 0.3) is 0 Å². The van der Waals surface area contributed by atoms with Crippen molar-refractivity contribution < 1.29 is 0 Å². The van der Waals surface area contributed by atoms with Gasteiger partial charge >= 0.3 is 0 Å². The molecule has 10 heavy (non-hydrogen) atoms. The summed E-state index contributed by atoms with van der Waals surface area (Å²) in [5.74, 6) is 1.64. The summed E-state index contributed by atoms with van der Waals surface area (Å²) in [6, 6.07) is 0. The molecule has 0 spiro atoms. The van der Waals surface area contributed by atoms with Gasteiger partial charge in [0.1, 0.15) is 0 Å². The molecule has 2 nitrogen and oxygen atoms in total. The normalized spacial score (nSPS) is 32.1. The fourth-order valence-corrected chi connectivity index (χ4v) is 1.34. The van der Waals surface area contributed by atoms with Crippen molar-refractivity contribution in [2.75, 3.05) is 13.6 Å². The van der Waals surface area contributed by atoms with Crippen molar-refractivity contribution in [1.82, 2.24) is 5.32 Å². The average Bonchev–Trinajstić information content (AvgIpc) is 2.62. The van der Waals surface area contributed by atoms with Gasteiger partial charge in [-0.3, -0.25) is 0 Å². The fraction of sp³-hybridized carbons (Fsp3) is 0.750. The van der Waals surface area contributed by atoms with Crippen molar-refractivity contribution in [2.24, 2.45) is 17.6 Å². The highest BCUT2D eigenvalue weighted by molar-refractivity contribution is 5.15. The molecule has 1 saturated carbocycles. The third-order valence-corrected chi connectivity index (χ3v) is 2.15. The van der Waals surface area contributed by atoms with Crippen molar-refractivity contribution in [3.8, 4) is 0 Å². The Morgan fingerprint density at radius 2 is 2.40 bits per heavy atom. The van der Waals surface area contributed by atoms with E-state index in [-0.39, 0.29) is 0 Å². The van der Waals surface area contributed by atoms with Crippen LogP contribution in [0.1, 0.15) is 13.3 Å². The van der Waals surface area contributed by atoms with E-state index in [1.54, 1.807) is 0 Å². The molecule has 0 aromatic heterocycles. The first-order chi connectivity index (χ1) is 4.79. The van der Waals surface area contributed by atoms with E-state index in [4.69, 9.17) is 5.73 Å². The smallest absolute Gasteiger partial charge is 0.0157 e. The van der Waals surface area contributed by atoms with Gasteiger partial charge in [-0.25, -0.2) is 0 Å². The van der Waals surface area contributed by atoms with Gasteiger partial charge < -0.3 is 11.1 Å². The van der Waals surface area contributed by atoms with E-state index >= 15 is 0 Å². The number of rotatable bonds is 3. The molecule has 0 aromatic carbocycles. The minimum absolute atomic E-state index is 0.704. The van der Waals surface area contributed by atoms with Gasteiger partial charge in [0.15, 0.2) is 0 Å². The van der Waals surface area contributed by atoms with Crippen LogP contribution in [0.5, 0.6) is 0 Å². The van der Waals surface area contributed by atoms with Crippen LogP contribution in [-0.2, 0) is 0 Å². The lowest BCUT2D eigenvalue weighted by molar-refractivity contribution is 0.817. The first-order valence-corrected chi connectivity index (χ1v) is 3.86. The van der Waals surface area contributed by atoms with E-state index in [9.17, 15) is 0 Å². The molecule has 1 fully saturated rings. The summed E-state index contributed by atoms with van der Waals surface area (Å²) in [7, 11) is 1.92. The van der Waals surface area contributed by atoms with Crippen LogP contribution in [0.15, 0.2) is 11.8 Å². The molecule has 1 aliphatic rings. The summed E-state index contributed by atoms with van der Waals surface area (Å²) in [5.41, 5.74) is 6.92. The quantitative estimate of drug-likeness (QED) is 0.605. The molecular weight excluding hydrogens is 124 g/mol. The Hall–Kier alpha value is -0.500. The Kier molecular flexibility index (Phi) is 2.33. The molecule has 0 bridgehead atoms. The molecule has 0 amide bonds. The Morgan fingerprint density at radius 1 is 1.80 bits per heavy atom. The number of nitrogens with two attached hydrogens (primary N) is 1. The van der Waals surface area contributed by atoms with E-state index in [0.29, 0.717) is 6.54 Å². The molecule has 0 saturated heterocycles. The molecule has 0 radical (unpaired) electrons. The van der Waals surface area contributed by atoms with Gasteiger partial charge in [0.05, 0.1) is 0 Å². The molecule has 1 rings (SSSR count). The van der Waals surface area contributed by atoms with E-state index in [0.717, 1.165) is 11.8 Å². The summed E-state index contributed by atoms with van der Waals surface area (Å²) in [6.45, 7) is 2.97. The van der Waals surface area contributed by atoms with Crippen LogP contribution in [-0.4, -0.2) is 13.6 Å². The van der Waals surface area contributed by atoms with Crippen molar-refractivity contribution in [3.63, 3.8) is 0 Å². The van der Waals surface area contributed by atoms with Gasteiger partial charge in [0.2, 0.25) is 0 Å². The standard InChI is InChI=1S/C8H16N2/c1-6-3-8(6)7(4-9)5-10-2/h5-6,8,10H,3-4,9H2,1-2H3/b7-5+/t6-,8+/m1/s1. The first kappa shape index (κ1) is 7.61. The lowest BCUT2D eigenvalue weighted by Gasteiger charge is -2.00. The summed E-state index contributed by atoms with van der Waals surface area (Å²) in [4.78, 5) is 0. The minimum Gasteiger partial charge on any atom is -0.394 e. The summed E-state index contributed by atoms with van der Waals surface area (Å²) >= 11 is 0. The maximum atomic E-state index is 5.55. The summed E-state index contributed by atoms with van der Waals surface area (Å²) in [5, 5.41) is 3.02.